The third-order valence-corrected chi connectivity index (χ3v) is 2.65. The van der Waals surface area contributed by atoms with Gasteiger partial charge in [-0.1, -0.05) is 6.42 Å². The third kappa shape index (κ3) is 4.64. The van der Waals surface area contributed by atoms with Gasteiger partial charge in [0.25, 0.3) is 0 Å². The van der Waals surface area contributed by atoms with E-state index in [1.54, 1.807) is 0 Å². The van der Waals surface area contributed by atoms with Crippen LogP contribution in [0.25, 0.3) is 0 Å². The fraction of sp³-hybridized carbons (Fsp3) is 0.900. The molecule has 5 heteroatoms. The predicted molar refractivity (Wildman–Crippen MR) is 50.6 cm³/mol. The maximum absolute atomic E-state index is 12.2. The van der Waals surface area contributed by atoms with Gasteiger partial charge < -0.3 is 0 Å². The lowest BCUT2D eigenvalue weighted by molar-refractivity contribution is -0.155. The minimum Gasteiger partial charge on any atom is -0.300 e. The molecule has 0 aromatic carbocycles. The van der Waals surface area contributed by atoms with Gasteiger partial charge in [0.05, 0.1) is 6.54 Å². The Morgan fingerprint density at radius 2 is 2.07 bits per heavy atom. The molecule has 0 aromatic heterocycles. The summed E-state index contributed by atoms with van der Waals surface area (Å²) >= 11 is 0. The largest absolute Gasteiger partial charge is 0.401 e. The topological polar surface area (TPSA) is 20.3 Å². The van der Waals surface area contributed by atoms with Crippen molar-refractivity contribution in [2.45, 2.75) is 44.8 Å². The van der Waals surface area contributed by atoms with Crippen LogP contribution < -0.4 is 0 Å². The highest BCUT2D eigenvalue weighted by atomic mass is 19.4. The van der Waals surface area contributed by atoms with E-state index in [1.807, 2.05) is 0 Å². The summed E-state index contributed by atoms with van der Waals surface area (Å²) in [5, 5.41) is 0. The van der Waals surface area contributed by atoms with Crippen molar-refractivity contribution >= 4 is 5.78 Å². The van der Waals surface area contributed by atoms with Gasteiger partial charge in [0.1, 0.15) is 5.78 Å². The molecule has 2 nitrogen and oxygen atoms in total. The second-order valence-electron chi connectivity index (χ2n) is 4.14. The van der Waals surface area contributed by atoms with E-state index in [0.29, 0.717) is 13.0 Å². The zero-order valence-corrected chi connectivity index (χ0v) is 8.81. The molecule has 1 heterocycles. The summed E-state index contributed by atoms with van der Waals surface area (Å²) in [7, 11) is 0. The molecule has 0 saturated carbocycles. The first kappa shape index (κ1) is 12.5. The number of carbonyl (C=O) groups is 1. The lowest BCUT2D eigenvalue weighted by atomic mass is 9.98. The minimum absolute atomic E-state index is 0.0333. The fourth-order valence-electron chi connectivity index (χ4n) is 2.06. The summed E-state index contributed by atoms with van der Waals surface area (Å²) in [5.41, 5.74) is 0. The highest BCUT2D eigenvalue weighted by Crippen LogP contribution is 2.25. The molecule has 15 heavy (non-hydrogen) atoms. The molecule has 0 aromatic rings. The molecule has 1 aliphatic heterocycles. The Bertz CT molecular complexity index is 227. The van der Waals surface area contributed by atoms with Crippen molar-refractivity contribution in [3.63, 3.8) is 0 Å². The quantitative estimate of drug-likeness (QED) is 0.732. The number of ketones is 1. The zero-order chi connectivity index (χ0) is 11.5. The van der Waals surface area contributed by atoms with Gasteiger partial charge in [0, 0.05) is 12.5 Å². The smallest absolute Gasteiger partial charge is 0.300 e. The molecule has 1 atom stereocenters. The zero-order valence-electron chi connectivity index (χ0n) is 8.81. The van der Waals surface area contributed by atoms with Gasteiger partial charge in [-0.2, -0.15) is 13.2 Å². The Hall–Kier alpha value is -0.580. The summed E-state index contributed by atoms with van der Waals surface area (Å²) < 4.78 is 36.7. The molecule has 0 aliphatic carbocycles. The maximum atomic E-state index is 12.2. The van der Waals surface area contributed by atoms with Gasteiger partial charge in [-0.05, 0) is 26.3 Å². The number of hydrogen-bond acceptors (Lipinski definition) is 2. The Morgan fingerprint density at radius 3 is 2.60 bits per heavy atom. The van der Waals surface area contributed by atoms with Crippen LogP contribution in [-0.4, -0.2) is 36.0 Å². The molecule has 0 amide bonds. The summed E-state index contributed by atoms with van der Waals surface area (Å²) in [6, 6.07) is -0.210. The van der Waals surface area contributed by atoms with E-state index >= 15 is 0 Å². The van der Waals surface area contributed by atoms with Crippen LogP contribution in [-0.2, 0) is 4.79 Å². The van der Waals surface area contributed by atoms with Crippen molar-refractivity contribution in [3.05, 3.63) is 0 Å². The number of nitrogens with zero attached hydrogens (tertiary/aromatic N) is 1. The van der Waals surface area contributed by atoms with Gasteiger partial charge in [-0.25, -0.2) is 0 Å². The van der Waals surface area contributed by atoms with E-state index in [4.69, 9.17) is 0 Å². The molecule has 1 rings (SSSR count). The van der Waals surface area contributed by atoms with Gasteiger partial charge >= 0.3 is 6.18 Å². The second-order valence-corrected chi connectivity index (χ2v) is 4.14. The molecule has 1 aliphatic rings. The van der Waals surface area contributed by atoms with Crippen molar-refractivity contribution in [3.8, 4) is 0 Å². The Labute approximate surface area is 87.4 Å². The normalized spacial score (nSPS) is 24.1. The average molecular weight is 223 g/mol. The number of rotatable bonds is 3. The first-order chi connectivity index (χ1) is 6.88. The van der Waals surface area contributed by atoms with Crippen LogP contribution in [0.2, 0.25) is 0 Å². The molecule has 88 valence electrons. The van der Waals surface area contributed by atoms with E-state index in [-0.39, 0.29) is 18.2 Å². The first-order valence-corrected chi connectivity index (χ1v) is 5.19. The van der Waals surface area contributed by atoms with Crippen molar-refractivity contribution in [1.82, 2.24) is 4.90 Å². The van der Waals surface area contributed by atoms with Gasteiger partial charge in [0.15, 0.2) is 0 Å². The summed E-state index contributed by atoms with van der Waals surface area (Å²) in [4.78, 5) is 12.3. The van der Waals surface area contributed by atoms with Gasteiger partial charge in [0.2, 0.25) is 0 Å². The Morgan fingerprint density at radius 1 is 1.40 bits per heavy atom. The van der Waals surface area contributed by atoms with Crippen LogP contribution in [0, 0.1) is 0 Å². The lowest BCUT2D eigenvalue weighted by Gasteiger charge is -2.35. The molecule has 1 fully saturated rings. The number of alkyl halides is 3. The van der Waals surface area contributed by atoms with E-state index in [2.05, 4.69) is 0 Å². The summed E-state index contributed by atoms with van der Waals surface area (Å²) in [6.45, 7) is 1.00. The highest BCUT2D eigenvalue weighted by Gasteiger charge is 2.35. The number of likely N-dealkylation sites (tertiary alicyclic amines) is 1. The fourth-order valence-corrected chi connectivity index (χ4v) is 2.06. The van der Waals surface area contributed by atoms with Crippen LogP contribution in [0.3, 0.4) is 0 Å². The molecule has 0 spiro atoms. The number of halogens is 3. The monoisotopic (exact) mass is 223 g/mol. The predicted octanol–water partition coefficient (Wildman–Crippen LogP) is 2.38. The summed E-state index contributed by atoms with van der Waals surface area (Å²) in [6.07, 6.45) is -1.49. The molecule has 1 unspecified atom stereocenters. The van der Waals surface area contributed by atoms with E-state index in [1.165, 1.54) is 11.8 Å². The van der Waals surface area contributed by atoms with E-state index in [9.17, 15) is 18.0 Å². The van der Waals surface area contributed by atoms with E-state index in [0.717, 1.165) is 12.8 Å². The minimum atomic E-state index is -4.16. The SMILES string of the molecule is CC(=O)CC1CCCCN1CC(F)(F)F. The van der Waals surface area contributed by atoms with Crippen molar-refractivity contribution < 1.29 is 18.0 Å². The van der Waals surface area contributed by atoms with Gasteiger partial charge in [-0.15, -0.1) is 0 Å². The molecule has 0 radical (unpaired) electrons. The van der Waals surface area contributed by atoms with E-state index < -0.39 is 12.7 Å². The van der Waals surface area contributed by atoms with Crippen LogP contribution in [0.5, 0.6) is 0 Å². The molecule has 1 saturated heterocycles. The second kappa shape index (κ2) is 4.96. The number of carbonyl (C=O) groups excluding carboxylic acids is 1. The highest BCUT2D eigenvalue weighted by molar-refractivity contribution is 5.76. The number of Topliss-reactive ketones (excluding diaryl/α,β-unsaturated/α-hetero) is 1. The van der Waals surface area contributed by atoms with Crippen LogP contribution in [0.15, 0.2) is 0 Å². The van der Waals surface area contributed by atoms with Crippen LogP contribution >= 0.6 is 0 Å². The number of piperidine rings is 1. The molecule has 0 bridgehead atoms. The summed E-state index contributed by atoms with van der Waals surface area (Å²) in [5.74, 6) is -0.0333. The lowest BCUT2D eigenvalue weighted by Crippen LogP contribution is -2.45. The van der Waals surface area contributed by atoms with Gasteiger partial charge in [-0.3, -0.25) is 9.69 Å². The van der Waals surface area contributed by atoms with Crippen molar-refractivity contribution in [1.29, 1.82) is 0 Å². The Balaban J connectivity index is 2.53. The standard InChI is InChI=1S/C10H16F3NO/c1-8(15)6-9-4-2-3-5-14(9)7-10(11,12)13/h9H,2-7H2,1H3. The maximum Gasteiger partial charge on any atom is 0.401 e. The van der Waals surface area contributed by atoms with Crippen molar-refractivity contribution in [2.75, 3.05) is 13.1 Å². The van der Waals surface area contributed by atoms with Crippen LogP contribution in [0.4, 0.5) is 13.2 Å². The first-order valence-electron chi connectivity index (χ1n) is 5.19. The number of hydrogen-bond donors (Lipinski definition) is 0. The average Bonchev–Trinajstić information content (AvgIpc) is 2.05. The van der Waals surface area contributed by atoms with Crippen molar-refractivity contribution in [2.24, 2.45) is 0 Å². The molecular weight excluding hydrogens is 207 g/mol. The molecule has 0 N–H and O–H groups in total. The Kier molecular flexibility index (Phi) is 4.13. The third-order valence-electron chi connectivity index (χ3n) is 2.65. The van der Waals surface area contributed by atoms with Crippen LogP contribution in [0.1, 0.15) is 32.6 Å². The molecular formula is C10H16F3NO.